The maximum Gasteiger partial charge on any atom is 0.252 e. The number of ether oxygens (including phenoxy) is 3. The molecule has 3 aromatic carbocycles. The zero-order chi connectivity index (χ0) is 40.8. The summed E-state index contributed by atoms with van der Waals surface area (Å²) in [6.07, 6.45) is 0.0639. The van der Waals surface area contributed by atoms with Crippen molar-refractivity contribution in [3.05, 3.63) is 108 Å². The Balaban J connectivity index is 1.28. The third-order valence-electron chi connectivity index (χ3n) is 10.8. The molecule has 3 aliphatic rings. The lowest BCUT2D eigenvalue weighted by Crippen LogP contribution is -2.63. The van der Waals surface area contributed by atoms with E-state index in [1.807, 2.05) is 84.9 Å². The minimum absolute atomic E-state index is 0.0609. The topological polar surface area (TPSA) is 215 Å². The monoisotopic (exact) mass is 793 g/mol. The molecule has 7 rings (SSSR count). The number of nitrogens with one attached hydrogen (secondary N) is 6. The lowest BCUT2D eigenvalue weighted by Gasteiger charge is -2.30. The van der Waals surface area contributed by atoms with Gasteiger partial charge in [0.2, 0.25) is 23.6 Å². The first-order valence-electron chi connectivity index (χ1n) is 19.8. The van der Waals surface area contributed by atoms with E-state index in [0.717, 1.165) is 27.6 Å². The number of fused-ring (bicyclic) bond motifs is 4. The van der Waals surface area contributed by atoms with E-state index in [1.54, 1.807) is 20.0 Å². The van der Waals surface area contributed by atoms with Crippen LogP contribution < -0.4 is 32.3 Å². The molecule has 3 saturated heterocycles. The molecule has 4 aromatic rings. The molecular formula is C43H51N7O8. The molecule has 0 aliphatic carbocycles. The molecule has 0 bridgehead atoms. The van der Waals surface area contributed by atoms with Crippen LogP contribution in [0.4, 0.5) is 0 Å². The zero-order valence-corrected chi connectivity index (χ0v) is 32.6. The van der Waals surface area contributed by atoms with Crippen LogP contribution in [0.15, 0.2) is 91.1 Å². The van der Waals surface area contributed by atoms with Gasteiger partial charge in [0.1, 0.15) is 30.3 Å². The predicted octanol–water partition coefficient (Wildman–Crippen LogP) is 1.64. The number of benzene rings is 3. The van der Waals surface area contributed by atoms with Crippen molar-refractivity contribution in [1.29, 1.82) is 0 Å². The SMILES string of the molecule is CC1(C)O[C@H]2O[C@@H]3C(=O)N[C@@H](Cc4ccccc4)C(=O)N[C@@H](Cc4c[nH]c5ccccc45)C(=O)N[C@@H](CCCCN)C(=O)N[C@@H](Cc4ccccc4)C(=O)N[C@H]3[C@H]2O1. The number of aromatic amines is 1. The van der Waals surface area contributed by atoms with E-state index in [4.69, 9.17) is 19.9 Å². The Morgan fingerprint density at radius 2 is 1.14 bits per heavy atom. The normalized spacial score (nSPS) is 27.8. The fourth-order valence-corrected chi connectivity index (χ4v) is 7.83. The van der Waals surface area contributed by atoms with Gasteiger partial charge in [0.25, 0.3) is 5.91 Å². The Hall–Kier alpha value is -5.61. The van der Waals surface area contributed by atoms with Crippen molar-refractivity contribution in [1.82, 2.24) is 31.6 Å². The minimum Gasteiger partial charge on any atom is -0.361 e. The molecule has 3 aliphatic heterocycles. The number of hydrogen-bond acceptors (Lipinski definition) is 9. The predicted molar refractivity (Wildman–Crippen MR) is 214 cm³/mol. The highest BCUT2D eigenvalue weighted by molar-refractivity contribution is 5.97. The first kappa shape index (κ1) is 40.6. The number of aromatic nitrogens is 1. The molecule has 15 heteroatoms. The molecule has 0 unspecified atom stereocenters. The Morgan fingerprint density at radius 1 is 0.603 bits per heavy atom. The number of amides is 5. The molecule has 0 saturated carbocycles. The minimum atomic E-state index is -1.35. The Labute approximate surface area is 336 Å². The van der Waals surface area contributed by atoms with Gasteiger partial charge in [0.15, 0.2) is 18.2 Å². The van der Waals surface area contributed by atoms with Crippen molar-refractivity contribution in [3.63, 3.8) is 0 Å². The van der Waals surface area contributed by atoms with Crippen molar-refractivity contribution < 1.29 is 38.2 Å². The number of nitrogens with two attached hydrogens (primary N) is 1. The fourth-order valence-electron chi connectivity index (χ4n) is 7.83. The summed E-state index contributed by atoms with van der Waals surface area (Å²) in [5.41, 5.74) is 8.93. The van der Waals surface area contributed by atoms with Crippen LogP contribution in [-0.4, -0.2) is 95.6 Å². The molecule has 15 nitrogen and oxygen atoms in total. The second-order valence-electron chi connectivity index (χ2n) is 15.5. The van der Waals surface area contributed by atoms with E-state index in [0.29, 0.717) is 19.4 Å². The van der Waals surface area contributed by atoms with Crippen LogP contribution in [-0.2, 0) is 57.4 Å². The average Bonchev–Trinajstić information content (AvgIpc) is 3.86. The van der Waals surface area contributed by atoms with Gasteiger partial charge in [-0.25, -0.2) is 0 Å². The second-order valence-corrected chi connectivity index (χ2v) is 15.5. The Bertz CT molecular complexity index is 2090. The van der Waals surface area contributed by atoms with E-state index in [1.165, 1.54) is 0 Å². The third kappa shape index (κ3) is 9.56. The molecule has 8 atom stereocenters. The summed E-state index contributed by atoms with van der Waals surface area (Å²) in [5.74, 6) is -4.23. The average molecular weight is 794 g/mol. The number of hydrogen-bond donors (Lipinski definition) is 7. The van der Waals surface area contributed by atoms with E-state index in [-0.39, 0.29) is 25.7 Å². The van der Waals surface area contributed by atoms with Crippen LogP contribution in [0, 0.1) is 0 Å². The summed E-state index contributed by atoms with van der Waals surface area (Å²) >= 11 is 0. The van der Waals surface area contributed by atoms with Crippen molar-refractivity contribution in [2.24, 2.45) is 5.73 Å². The number of H-pyrrole nitrogens is 1. The molecule has 0 radical (unpaired) electrons. The summed E-state index contributed by atoms with van der Waals surface area (Å²) in [7, 11) is 0. The first-order valence-corrected chi connectivity index (χ1v) is 19.8. The molecule has 5 amide bonds. The van der Waals surface area contributed by atoms with Crippen LogP contribution in [0.25, 0.3) is 10.9 Å². The number of carbonyl (C=O) groups is 5. The summed E-state index contributed by atoms with van der Waals surface area (Å²) in [6, 6.07) is 20.3. The molecule has 1 aromatic heterocycles. The maximum absolute atomic E-state index is 14.4. The number of unbranched alkanes of at least 4 members (excludes halogenated alkanes) is 1. The van der Waals surface area contributed by atoms with Gasteiger partial charge in [0.05, 0.1) is 6.04 Å². The van der Waals surface area contributed by atoms with Gasteiger partial charge in [-0.15, -0.1) is 0 Å². The van der Waals surface area contributed by atoms with E-state index in [2.05, 4.69) is 31.6 Å². The Morgan fingerprint density at radius 3 is 1.78 bits per heavy atom. The second kappa shape index (κ2) is 17.9. The lowest BCUT2D eigenvalue weighted by molar-refractivity contribution is -0.208. The van der Waals surface area contributed by atoms with Gasteiger partial charge in [0, 0.05) is 36.4 Å². The highest BCUT2D eigenvalue weighted by atomic mass is 16.8. The van der Waals surface area contributed by atoms with Crippen molar-refractivity contribution in [2.45, 2.75) is 107 Å². The first-order chi connectivity index (χ1) is 28.0. The fraction of sp³-hybridized carbons (Fsp3) is 0.419. The molecular weight excluding hydrogens is 743 g/mol. The molecule has 8 N–H and O–H groups in total. The van der Waals surface area contributed by atoms with Crippen LogP contribution in [0.2, 0.25) is 0 Å². The zero-order valence-electron chi connectivity index (χ0n) is 32.6. The van der Waals surface area contributed by atoms with E-state index >= 15 is 0 Å². The van der Waals surface area contributed by atoms with Gasteiger partial charge in [-0.05, 0) is 62.4 Å². The van der Waals surface area contributed by atoms with Crippen molar-refractivity contribution >= 4 is 40.4 Å². The lowest BCUT2D eigenvalue weighted by atomic mass is 9.99. The van der Waals surface area contributed by atoms with Crippen LogP contribution in [0.3, 0.4) is 0 Å². The van der Waals surface area contributed by atoms with Gasteiger partial charge in [-0.2, -0.15) is 0 Å². The maximum atomic E-state index is 14.4. The molecule has 58 heavy (non-hydrogen) atoms. The highest BCUT2D eigenvalue weighted by Gasteiger charge is 2.58. The Kier molecular flexibility index (Phi) is 12.5. The summed E-state index contributed by atoms with van der Waals surface area (Å²) < 4.78 is 18.3. The summed E-state index contributed by atoms with van der Waals surface area (Å²) in [4.78, 5) is 75.1. The molecule has 306 valence electrons. The summed E-state index contributed by atoms with van der Waals surface area (Å²) in [6.45, 7) is 3.78. The smallest absolute Gasteiger partial charge is 0.252 e. The molecule has 3 fully saturated rings. The van der Waals surface area contributed by atoms with Crippen molar-refractivity contribution in [2.75, 3.05) is 6.54 Å². The van der Waals surface area contributed by atoms with Crippen LogP contribution >= 0.6 is 0 Å². The quantitative estimate of drug-likeness (QED) is 0.116. The van der Waals surface area contributed by atoms with Crippen LogP contribution in [0.1, 0.15) is 49.8 Å². The number of carbonyl (C=O) groups excluding carboxylic acids is 5. The number of rotatable bonds is 10. The van der Waals surface area contributed by atoms with Gasteiger partial charge in [-0.3, -0.25) is 24.0 Å². The molecule has 0 spiro atoms. The van der Waals surface area contributed by atoms with Crippen LogP contribution in [0.5, 0.6) is 0 Å². The van der Waals surface area contributed by atoms with E-state index < -0.39 is 84.0 Å². The van der Waals surface area contributed by atoms with E-state index in [9.17, 15) is 24.0 Å². The highest BCUT2D eigenvalue weighted by Crippen LogP contribution is 2.37. The molecule has 4 heterocycles. The van der Waals surface area contributed by atoms with Crippen molar-refractivity contribution in [3.8, 4) is 0 Å². The van der Waals surface area contributed by atoms with Gasteiger partial charge >= 0.3 is 0 Å². The largest absolute Gasteiger partial charge is 0.361 e. The standard InChI is InChI=1S/C43H51N7O8/c1-43(2)57-36-34-35(56-42(36)58-43)41(55)49-31(21-25-13-5-3-6-14-25)38(52)48-33(23-27-24-45-29-18-10-9-17-28(27)29)39(53)46-30(19-11-12-20-44)37(51)47-32(40(54)50-34)22-26-15-7-4-8-16-26/h3-10,13-18,24,30-36,42,45H,11-12,19-23,44H2,1-2H3,(H,46,53)(H,47,51)(H,48,52)(H,49,55)(H,50,54)/t30-,31-,32-,33-,34+,35-,36+,42+/m0/s1. The van der Waals surface area contributed by atoms with Gasteiger partial charge in [-0.1, -0.05) is 78.9 Å². The third-order valence-corrected chi connectivity index (χ3v) is 10.8. The summed E-state index contributed by atoms with van der Waals surface area (Å²) in [5, 5.41) is 15.4. The van der Waals surface area contributed by atoms with Gasteiger partial charge < -0.3 is 51.5 Å². The number of para-hydroxylation sites is 1.